The van der Waals surface area contributed by atoms with Gasteiger partial charge in [-0.3, -0.25) is 0 Å². The summed E-state index contributed by atoms with van der Waals surface area (Å²) in [5.41, 5.74) is -1.22. The molecule has 0 radical (unpaired) electrons. The van der Waals surface area contributed by atoms with Crippen LogP contribution in [0.4, 0.5) is 0 Å². The van der Waals surface area contributed by atoms with Crippen molar-refractivity contribution in [2.75, 3.05) is 0 Å². The quantitative estimate of drug-likeness (QED) is 0.574. The van der Waals surface area contributed by atoms with E-state index in [1.807, 2.05) is 0 Å². The van der Waals surface area contributed by atoms with Gasteiger partial charge in [0.15, 0.2) is 0 Å². The topological polar surface area (TPSA) is 40.5 Å². The summed E-state index contributed by atoms with van der Waals surface area (Å²) in [6, 6.07) is 0. The number of hydrogen-bond donors (Lipinski definition) is 2. The molecule has 0 spiro atoms. The molecule has 0 saturated heterocycles. The fourth-order valence-electron chi connectivity index (χ4n) is 0.498. The summed E-state index contributed by atoms with van der Waals surface area (Å²) in [6.45, 7) is 6.68. The average Bonchev–Trinajstić information content (AvgIpc) is 1.89. The summed E-state index contributed by atoms with van der Waals surface area (Å²) >= 11 is 0. The smallest absolute Gasteiger partial charge is 0.109 e. The minimum absolute atomic E-state index is 0.866. The molecule has 0 heterocycles. The molecule has 2 N–H and O–H groups in total. The summed E-state index contributed by atoms with van der Waals surface area (Å²) in [5.74, 6) is 0. The molecule has 2 atom stereocenters. The predicted molar refractivity (Wildman–Crippen MR) is 41.6 cm³/mol. The highest BCUT2D eigenvalue weighted by Gasteiger charge is 2.23. The third-order valence-electron chi connectivity index (χ3n) is 1.39. The first-order valence-electron chi connectivity index (χ1n) is 3.21. The Labute approximate surface area is 61.5 Å². The van der Waals surface area contributed by atoms with E-state index in [0.717, 1.165) is 0 Å². The number of allylic oxidation sites excluding steroid dienone is 1. The lowest BCUT2D eigenvalue weighted by Gasteiger charge is -2.22. The molecule has 0 aliphatic rings. The molecule has 0 amide bonds. The fraction of sp³-hybridized carbons (Fsp3) is 0.500. The Kier molecular flexibility index (Phi) is 3.33. The second-order valence-corrected chi connectivity index (χ2v) is 2.40. The molecule has 10 heavy (non-hydrogen) atoms. The van der Waals surface area contributed by atoms with Crippen molar-refractivity contribution in [1.82, 2.24) is 0 Å². The average molecular weight is 142 g/mol. The zero-order chi connectivity index (χ0) is 8.20. The molecule has 0 saturated carbocycles. The number of hydrogen-bond acceptors (Lipinski definition) is 2. The standard InChI is InChI=1S/C8H14O2/c1-4-6-7(9)8(3,10)5-2/h4-7,9-10H,2H2,1,3H3/b6-4+. The van der Waals surface area contributed by atoms with Gasteiger partial charge in [-0.15, -0.1) is 6.58 Å². The van der Waals surface area contributed by atoms with Gasteiger partial charge in [-0.2, -0.15) is 0 Å². The molecule has 2 unspecified atom stereocenters. The van der Waals surface area contributed by atoms with Gasteiger partial charge < -0.3 is 10.2 Å². The molecular formula is C8H14O2. The number of aliphatic hydroxyl groups is 2. The Balaban J connectivity index is 4.16. The molecule has 0 rings (SSSR count). The van der Waals surface area contributed by atoms with Crippen molar-refractivity contribution in [1.29, 1.82) is 0 Å². The van der Waals surface area contributed by atoms with Crippen molar-refractivity contribution < 1.29 is 10.2 Å². The maximum atomic E-state index is 9.30. The molecule has 0 aromatic carbocycles. The Morgan fingerprint density at radius 3 is 2.40 bits per heavy atom. The third-order valence-corrected chi connectivity index (χ3v) is 1.39. The van der Waals surface area contributed by atoms with Crippen LogP contribution in [0, 0.1) is 0 Å². The molecule has 0 aliphatic carbocycles. The van der Waals surface area contributed by atoms with E-state index in [0.29, 0.717) is 0 Å². The number of rotatable bonds is 3. The van der Waals surface area contributed by atoms with E-state index < -0.39 is 11.7 Å². The summed E-state index contributed by atoms with van der Waals surface area (Å²) < 4.78 is 0. The molecule has 0 fully saturated rings. The van der Waals surface area contributed by atoms with Gasteiger partial charge >= 0.3 is 0 Å². The Morgan fingerprint density at radius 1 is 1.60 bits per heavy atom. The highest BCUT2D eigenvalue weighted by Crippen LogP contribution is 2.11. The maximum Gasteiger partial charge on any atom is 0.109 e. The Morgan fingerprint density at radius 2 is 2.10 bits per heavy atom. The fourth-order valence-corrected chi connectivity index (χ4v) is 0.498. The molecule has 2 heteroatoms. The third kappa shape index (κ3) is 2.33. The molecule has 2 nitrogen and oxygen atoms in total. The lowest BCUT2D eigenvalue weighted by Crippen LogP contribution is -2.35. The van der Waals surface area contributed by atoms with Crippen LogP contribution in [0.15, 0.2) is 24.8 Å². The predicted octanol–water partition coefficient (Wildman–Crippen LogP) is 0.860. The zero-order valence-electron chi connectivity index (χ0n) is 6.41. The van der Waals surface area contributed by atoms with Crippen LogP contribution in [-0.4, -0.2) is 21.9 Å². The maximum absolute atomic E-state index is 9.30. The van der Waals surface area contributed by atoms with Crippen LogP contribution in [0.1, 0.15) is 13.8 Å². The molecule has 0 aromatic rings. The van der Waals surface area contributed by atoms with Crippen molar-refractivity contribution in [3.8, 4) is 0 Å². The Bertz CT molecular complexity index is 136. The van der Waals surface area contributed by atoms with Crippen LogP contribution in [0.25, 0.3) is 0 Å². The van der Waals surface area contributed by atoms with Crippen molar-refractivity contribution >= 4 is 0 Å². The van der Waals surface area contributed by atoms with Gasteiger partial charge in [-0.1, -0.05) is 18.2 Å². The lowest BCUT2D eigenvalue weighted by atomic mass is 9.99. The van der Waals surface area contributed by atoms with Gasteiger partial charge in [-0.25, -0.2) is 0 Å². The van der Waals surface area contributed by atoms with Crippen molar-refractivity contribution in [2.24, 2.45) is 0 Å². The summed E-state index contributed by atoms with van der Waals surface area (Å²) in [4.78, 5) is 0. The summed E-state index contributed by atoms with van der Waals surface area (Å²) in [5, 5.41) is 18.5. The van der Waals surface area contributed by atoms with E-state index in [-0.39, 0.29) is 0 Å². The van der Waals surface area contributed by atoms with Crippen molar-refractivity contribution in [2.45, 2.75) is 25.6 Å². The zero-order valence-corrected chi connectivity index (χ0v) is 6.41. The second-order valence-electron chi connectivity index (χ2n) is 2.40. The highest BCUT2D eigenvalue weighted by atomic mass is 16.3. The summed E-state index contributed by atoms with van der Waals surface area (Å²) in [7, 11) is 0. The first-order chi connectivity index (χ1) is 4.54. The molecule has 0 aliphatic heterocycles. The van der Waals surface area contributed by atoms with E-state index >= 15 is 0 Å². The van der Waals surface area contributed by atoms with Gasteiger partial charge in [0, 0.05) is 0 Å². The first-order valence-corrected chi connectivity index (χ1v) is 3.21. The van der Waals surface area contributed by atoms with E-state index in [1.165, 1.54) is 19.1 Å². The lowest BCUT2D eigenvalue weighted by molar-refractivity contribution is 0.000846. The van der Waals surface area contributed by atoms with E-state index in [2.05, 4.69) is 6.58 Å². The van der Waals surface area contributed by atoms with Crippen LogP contribution in [-0.2, 0) is 0 Å². The van der Waals surface area contributed by atoms with Crippen LogP contribution in [0.3, 0.4) is 0 Å². The van der Waals surface area contributed by atoms with Gasteiger partial charge in [0.25, 0.3) is 0 Å². The van der Waals surface area contributed by atoms with Gasteiger partial charge in [0.1, 0.15) is 11.7 Å². The van der Waals surface area contributed by atoms with Crippen LogP contribution in [0.5, 0.6) is 0 Å². The molecular weight excluding hydrogens is 128 g/mol. The van der Waals surface area contributed by atoms with Crippen molar-refractivity contribution in [3.63, 3.8) is 0 Å². The minimum Gasteiger partial charge on any atom is -0.386 e. The van der Waals surface area contributed by atoms with E-state index in [9.17, 15) is 5.11 Å². The SMILES string of the molecule is C=CC(C)(O)C(O)/C=C/C. The first kappa shape index (κ1) is 9.40. The molecule has 58 valence electrons. The monoisotopic (exact) mass is 142 g/mol. The van der Waals surface area contributed by atoms with Gasteiger partial charge in [-0.05, 0) is 13.8 Å². The van der Waals surface area contributed by atoms with Crippen LogP contribution < -0.4 is 0 Å². The molecule has 0 bridgehead atoms. The highest BCUT2D eigenvalue weighted by molar-refractivity contribution is 5.05. The second kappa shape index (κ2) is 3.54. The van der Waals surface area contributed by atoms with E-state index in [4.69, 9.17) is 5.11 Å². The van der Waals surface area contributed by atoms with Gasteiger partial charge in [0.2, 0.25) is 0 Å². The minimum atomic E-state index is -1.22. The van der Waals surface area contributed by atoms with E-state index in [1.54, 1.807) is 13.0 Å². The molecule has 0 aromatic heterocycles. The normalized spacial score (nSPS) is 20.4. The van der Waals surface area contributed by atoms with Gasteiger partial charge in [0.05, 0.1) is 0 Å². The largest absolute Gasteiger partial charge is 0.386 e. The van der Waals surface area contributed by atoms with Crippen LogP contribution >= 0.6 is 0 Å². The number of aliphatic hydroxyl groups excluding tert-OH is 1. The Hall–Kier alpha value is -0.600. The summed E-state index contributed by atoms with van der Waals surface area (Å²) in [6.07, 6.45) is 3.65. The van der Waals surface area contributed by atoms with Crippen molar-refractivity contribution in [3.05, 3.63) is 24.8 Å². The van der Waals surface area contributed by atoms with Crippen LogP contribution in [0.2, 0.25) is 0 Å².